The molecule has 2 aliphatic rings. The number of carbonyl (C=O) groups is 2. The average molecular weight is 366 g/mol. The number of nitrogens with zero attached hydrogens (tertiary/aromatic N) is 1. The summed E-state index contributed by atoms with van der Waals surface area (Å²) in [5.41, 5.74) is 6.79. The van der Waals surface area contributed by atoms with Gasteiger partial charge in [-0.2, -0.15) is 0 Å². The Morgan fingerprint density at radius 1 is 1.12 bits per heavy atom. The zero-order chi connectivity index (χ0) is 16.9. The summed E-state index contributed by atoms with van der Waals surface area (Å²) in [4.78, 5) is 27.1. The first-order valence-electron chi connectivity index (χ1n) is 9.03. The first kappa shape index (κ1) is 19.7. The van der Waals surface area contributed by atoms with Crippen LogP contribution in [-0.4, -0.2) is 41.9 Å². The summed E-state index contributed by atoms with van der Waals surface area (Å²) in [7, 11) is 0. The Labute approximate surface area is 155 Å². The molecule has 5 nitrogen and oxygen atoms in total. The van der Waals surface area contributed by atoms with E-state index in [1.165, 1.54) is 0 Å². The standard InChI is InChI=1S/C19H27N3O2.ClH/c20-13-15-8-4-9-16(15)21-19(24)17-10-5-11-22(17)18(23)12-14-6-2-1-3-7-14;/h1-3,6-7,15-17H,4-5,8-13,20H2,(H,21,24);1H. The van der Waals surface area contributed by atoms with Crippen molar-refractivity contribution in [1.82, 2.24) is 10.2 Å². The SMILES string of the molecule is Cl.NCC1CCCC1NC(=O)C1CCCN1C(=O)Cc1ccccc1. The lowest BCUT2D eigenvalue weighted by Crippen LogP contribution is -2.50. The van der Waals surface area contributed by atoms with E-state index in [2.05, 4.69) is 5.32 Å². The van der Waals surface area contributed by atoms with Crippen LogP contribution in [0.15, 0.2) is 30.3 Å². The number of likely N-dealkylation sites (tertiary alicyclic amines) is 1. The van der Waals surface area contributed by atoms with Crippen molar-refractivity contribution in [1.29, 1.82) is 0 Å². The fourth-order valence-electron chi connectivity index (χ4n) is 4.00. The summed E-state index contributed by atoms with van der Waals surface area (Å²) >= 11 is 0. The van der Waals surface area contributed by atoms with Crippen LogP contribution in [0.4, 0.5) is 0 Å². The second-order valence-corrected chi connectivity index (χ2v) is 6.95. The molecular weight excluding hydrogens is 338 g/mol. The number of rotatable bonds is 5. The molecule has 3 atom stereocenters. The molecule has 1 heterocycles. The smallest absolute Gasteiger partial charge is 0.243 e. The van der Waals surface area contributed by atoms with Crippen LogP contribution in [0.3, 0.4) is 0 Å². The van der Waals surface area contributed by atoms with Gasteiger partial charge in [0.15, 0.2) is 0 Å². The van der Waals surface area contributed by atoms with Crippen LogP contribution in [0.25, 0.3) is 0 Å². The Morgan fingerprint density at radius 2 is 1.88 bits per heavy atom. The number of nitrogens with two attached hydrogens (primary N) is 1. The predicted octanol–water partition coefficient (Wildman–Crippen LogP) is 1.89. The van der Waals surface area contributed by atoms with E-state index in [9.17, 15) is 9.59 Å². The molecule has 3 N–H and O–H groups in total. The molecule has 0 aromatic heterocycles. The van der Waals surface area contributed by atoms with E-state index in [1.54, 1.807) is 4.90 Å². The van der Waals surface area contributed by atoms with Gasteiger partial charge in [-0.05, 0) is 43.7 Å². The lowest BCUT2D eigenvalue weighted by Gasteiger charge is -2.27. The van der Waals surface area contributed by atoms with Gasteiger partial charge in [0.2, 0.25) is 11.8 Å². The summed E-state index contributed by atoms with van der Waals surface area (Å²) < 4.78 is 0. The topological polar surface area (TPSA) is 75.4 Å². The average Bonchev–Trinajstić information content (AvgIpc) is 3.24. The quantitative estimate of drug-likeness (QED) is 0.836. The Balaban J connectivity index is 0.00000225. The van der Waals surface area contributed by atoms with E-state index in [1.807, 2.05) is 30.3 Å². The summed E-state index contributed by atoms with van der Waals surface area (Å²) in [6.07, 6.45) is 5.21. The molecule has 2 amide bonds. The largest absolute Gasteiger partial charge is 0.351 e. The summed E-state index contributed by atoms with van der Waals surface area (Å²) in [5.74, 6) is 0.420. The van der Waals surface area contributed by atoms with Crippen LogP contribution in [0.2, 0.25) is 0 Å². The highest BCUT2D eigenvalue weighted by atomic mass is 35.5. The highest BCUT2D eigenvalue weighted by Crippen LogP contribution is 2.26. The highest BCUT2D eigenvalue weighted by Gasteiger charge is 2.36. The molecule has 0 spiro atoms. The van der Waals surface area contributed by atoms with Crippen LogP contribution in [0.5, 0.6) is 0 Å². The Hall–Kier alpha value is -1.59. The first-order valence-corrected chi connectivity index (χ1v) is 9.03. The molecule has 0 bridgehead atoms. The molecule has 3 rings (SSSR count). The molecule has 1 aliphatic heterocycles. The fourth-order valence-corrected chi connectivity index (χ4v) is 4.00. The van der Waals surface area contributed by atoms with Gasteiger partial charge >= 0.3 is 0 Å². The Morgan fingerprint density at radius 3 is 2.60 bits per heavy atom. The van der Waals surface area contributed by atoms with E-state index in [0.717, 1.165) is 37.7 Å². The van der Waals surface area contributed by atoms with Crippen molar-refractivity contribution >= 4 is 24.2 Å². The maximum atomic E-state index is 12.7. The van der Waals surface area contributed by atoms with Crippen molar-refractivity contribution in [3.05, 3.63) is 35.9 Å². The minimum absolute atomic E-state index is 0. The van der Waals surface area contributed by atoms with E-state index < -0.39 is 0 Å². The molecule has 6 heteroatoms. The van der Waals surface area contributed by atoms with Crippen LogP contribution in [0.1, 0.15) is 37.7 Å². The molecule has 1 aliphatic carbocycles. The minimum Gasteiger partial charge on any atom is -0.351 e. The summed E-state index contributed by atoms with van der Waals surface area (Å²) in [6, 6.07) is 9.57. The van der Waals surface area contributed by atoms with Gasteiger partial charge in [0.25, 0.3) is 0 Å². The van der Waals surface area contributed by atoms with E-state index >= 15 is 0 Å². The van der Waals surface area contributed by atoms with Crippen LogP contribution in [0, 0.1) is 5.92 Å². The zero-order valence-corrected chi connectivity index (χ0v) is 15.3. The molecular formula is C19H28ClN3O2. The van der Waals surface area contributed by atoms with Crippen LogP contribution >= 0.6 is 12.4 Å². The van der Waals surface area contributed by atoms with Gasteiger partial charge in [-0.1, -0.05) is 36.8 Å². The number of amides is 2. The molecule has 1 aromatic carbocycles. The minimum atomic E-state index is -0.319. The highest BCUT2D eigenvalue weighted by molar-refractivity contribution is 5.89. The maximum absolute atomic E-state index is 12.7. The zero-order valence-electron chi connectivity index (χ0n) is 14.5. The van der Waals surface area contributed by atoms with Crippen molar-refractivity contribution in [3.63, 3.8) is 0 Å². The second kappa shape index (κ2) is 9.20. The monoisotopic (exact) mass is 365 g/mol. The van der Waals surface area contributed by atoms with E-state index in [0.29, 0.717) is 25.4 Å². The summed E-state index contributed by atoms with van der Waals surface area (Å²) in [5, 5.41) is 3.16. The molecule has 0 radical (unpaired) electrons. The number of nitrogens with one attached hydrogen (secondary N) is 1. The van der Waals surface area contributed by atoms with Gasteiger partial charge in [-0.3, -0.25) is 9.59 Å². The van der Waals surface area contributed by atoms with Crippen molar-refractivity contribution in [2.45, 2.75) is 50.6 Å². The molecule has 3 unspecified atom stereocenters. The van der Waals surface area contributed by atoms with Gasteiger partial charge in [-0.15, -0.1) is 12.4 Å². The van der Waals surface area contributed by atoms with Gasteiger partial charge in [0, 0.05) is 12.6 Å². The summed E-state index contributed by atoms with van der Waals surface area (Å²) in [6.45, 7) is 1.29. The van der Waals surface area contributed by atoms with Gasteiger partial charge in [-0.25, -0.2) is 0 Å². The third kappa shape index (κ3) is 4.73. The third-order valence-electron chi connectivity index (χ3n) is 5.36. The number of hydrogen-bond acceptors (Lipinski definition) is 3. The lowest BCUT2D eigenvalue weighted by atomic mass is 10.0. The van der Waals surface area contributed by atoms with Gasteiger partial charge < -0.3 is 16.0 Å². The van der Waals surface area contributed by atoms with Crippen LogP contribution in [-0.2, 0) is 16.0 Å². The number of benzene rings is 1. The molecule has 1 saturated heterocycles. The van der Waals surface area contributed by atoms with Crippen molar-refractivity contribution in [3.8, 4) is 0 Å². The lowest BCUT2D eigenvalue weighted by molar-refractivity contribution is -0.138. The molecule has 1 aromatic rings. The van der Waals surface area contributed by atoms with Gasteiger partial charge in [0.05, 0.1) is 6.42 Å². The van der Waals surface area contributed by atoms with Gasteiger partial charge in [0.1, 0.15) is 6.04 Å². The number of halogens is 1. The normalized spacial score (nSPS) is 25.5. The van der Waals surface area contributed by atoms with Crippen molar-refractivity contribution in [2.24, 2.45) is 11.7 Å². The molecule has 2 fully saturated rings. The van der Waals surface area contributed by atoms with E-state index in [-0.39, 0.29) is 36.3 Å². The van der Waals surface area contributed by atoms with E-state index in [4.69, 9.17) is 5.73 Å². The number of carbonyl (C=O) groups excluding carboxylic acids is 2. The second-order valence-electron chi connectivity index (χ2n) is 6.95. The Kier molecular flexibility index (Phi) is 7.26. The Bertz CT molecular complexity index is 581. The first-order chi connectivity index (χ1) is 11.7. The molecule has 1 saturated carbocycles. The van der Waals surface area contributed by atoms with Crippen LogP contribution < -0.4 is 11.1 Å². The molecule has 25 heavy (non-hydrogen) atoms. The number of hydrogen-bond donors (Lipinski definition) is 2. The maximum Gasteiger partial charge on any atom is 0.243 e. The van der Waals surface area contributed by atoms with Crippen molar-refractivity contribution in [2.75, 3.05) is 13.1 Å². The predicted molar refractivity (Wildman–Crippen MR) is 100 cm³/mol. The molecule has 138 valence electrons. The third-order valence-corrected chi connectivity index (χ3v) is 5.36. The van der Waals surface area contributed by atoms with Crippen molar-refractivity contribution < 1.29 is 9.59 Å². The fraction of sp³-hybridized carbons (Fsp3) is 0.579.